The molecule has 4 heteroatoms. The number of terminal acetylenes is 1. The molecule has 0 bridgehead atoms. The van der Waals surface area contributed by atoms with Crippen molar-refractivity contribution in [3.8, 4) is 12.3 Å². The second-order valence-electron chi connectivity index (χ2n) is 4.52. The smallest absolute Gasteiger partial charge is 0.251 e. The average molecular weight is 327 g/mol. The fourth-order valence-electron chi connectivity index (χ4n) is 2.24. The first-order chi connectivity index (χ1) is 9.67. The maximum Gasteiger partial charge on any atom is 0.251 e. The fourth-order valence-corrected chi connectivity index (χ4v) is 2.62. The normalized spacial score (nSPS) is 16.2. The summed E-state index contributed by atoms with van der Waals surface area (Å²) in [5, 5.41) is 6.08. The summed E-state index contributed by atoms with van der Waals surface area (Å²) < 4.78 is 0.942. The zero-order valence-electron chi connectivity index (χ0n) is 10.5. The lowest BCUT2D eigenvalue weighted by atomic mass is 10.1. The van der Waals surface area contributed by atoms with Gasteiger partial charge < -0.3 is 10.6 Å². The first-order valence-corrected chi connectivity index (χ1v) is 6.90. The molecule has 3 rings (SSSR count). The van der Waals surface area contributed by atoms with Crippen LogP contribution in [0, 0.1) is 12.3 Å². The molecule has 0 radical (unpaired) electrons. The SMILES string of the molecule is C#Cc1cccc(NC2C(=O)Nc3ccc(Br)cc32)c1. The Kier molecular flexibility index (Phi) is 3.21. The molecule has 2 aromatic carbocycles. The van der Waals surface area contributed by atoms with E-state index in [9.17, 15) is 4.79 Å². The van der Waals surface area contributed by atoms with Crippen LogP contribution in [0.2, 0.25) is 0 Å². The summed E-state index contributed by atoms with van der Waals surface area (Å²) >= 11 is 3.43. The van der Waals surface area contributed by atoms with Crippen molar-refractivity contribution in [3.05, 3.63) is 58.1 Å². The number of amides is 1. The molecule has 98 valence electrons. The number of halogens is 1. The molecule has 0 saturated carbocycles. The van der Waals surface area contributed by atoms with Gasteiger partial charge in [0.05, 0.1) is 0 Å². The summed E-state index contributed by atoms with van der Waals surface area (Å²) in [6.45, 7) is 0. The van der Waals surface area contributed by atoms with Crippen LogP contribution < -0.4 is 10.6 Å². The van der Waals surface area contributed by atoms with Gasteiger partial charge in [-0.3, -0.25) is 4.79 Å². The summed E-state index contributed by atoms with van der Waals surface area (Å²) in [6.07, 6.45) is 5.39. The second-order valence-corrected chi connectivity index (χ2v) is 5.44. The zero-order chi connectivity index (χ0) is 14.1. The standard InChI is InChI=1S/C16H11BrN2O/c1-2-10-4-3-5-12(8-10)18-15-13-9-11(17)6-7-14(13)19-16(15)20/h1,3-9,15,18H,(H,19,20). The van der Waals surface area contributed by atoms with E-state index in [1.165, 1.54) is 0 Å². The third-order valence-electron chi connectivity index (χ3n) is 3.18. The van der Waals surface area contributed by atoms with E-state index in [1.54, 1.807) is 0 Å². The summed E-state index contributed by atoms with van der Waals surface area (Å²) in [5.41, 5.74) is 3.37. The van der Waals surface area contributed by atoms with Crippen LogP contribution in [0.5, 0.6) is 0 Å². The second kappa shape index (κ2) is 5.03. The Morgan fingerprint density at radius 1 is 1.25 bits per heavy atom. The van der Waals surface area contributed by atoms with Gasteiger partial charge in [-0.05, 0) is 36.4 Å². The lowest BCUT2D eigenvalue weighted by Crippen LogP contribution is -2.19. The molecule has 3 nitrogen and oxygen atoms in total. The van der Waals surface area contributed by atoms with Crippen LogP contribution in [-0.2, 0) is 4.79 Å². The van der Waals surface area contributed by atoms with Gasteiger partial charge in [-0.2, -0.15) is 0 Å². The highest BCUT2D eigenvalue weighted by Gasteiger charge is 2.30. The molecular formula is C16H11BrN2O. The minimum absolute atomic E-state index is 0.0655. The van der Waals surface area contributed by atoms with Crippen molar-refractivity contribution < 1.29 is 4.79 Å². The first kappa shape index (κ1) is 12.8. The van der Waals surface area contributed by atoms with Crippen molar-refractivity contribution >= 4 is 33.2 Å². The molecular weight excluding hydrogens is 316 g/mol. The van der Waals surface area contributed by atoms with Crippen LogP contribution in [-0.4, -0.2) is 5.91 Å². The van der Waals surface area contributed by atoms with Crippen LogP contribution in [0.1, 0.15) is 17.2 Å². The van der Waals surface area contributed by atoms with Gasteiger partial charge in [-0.15, -0.1) is 6.42 Å². The van der Waals surface area contributed by atoms with Gasteiger partial charge in [0.15, 0.2) is 0 Å². The number of nitrogens with one attached hydrogen (secondary N) is 2. The van der Waals surface area contributed by atoms with Crippen molar-refractivity contribution in [1.29, 1.82) is 0 Å². The van der Waals surface area contributed by atoms with Crippen molar-refractivity contribution in [1.82, 2.24) is 0 Å². The molecule has 2 N–H and O–H groups in total. The number of carbonyl (C=O) groups excluding carboxylic acids is 1. The quantitative estimate of drug-likeness (QED) is 0.829. The molecule has 1 amide bonds. The minimum Gasteiger partial charge on any atom is -0.370 e. The third kappa shape index (κ3) is 2.28. The van der Waals surface area contributed by atoms with E-state index >= 15 is 0 Å². The van der Waals surface area contributed by atoms with Gasteiger partial charge in [0.2, 0.25) is 0 Å². The van der Waals surface area contributed by atoms with E-state index in [1.807, 2.05) is 42.5 Å². The highest BCUT2D eigenvalue weighted by molar-refractivity contribution is 9.10. The van der Waals surface area contributed by atoms with Crippen LogP contribution in [0.4, 0.5) is 11.4 Å². The van der Waals surface area contributed by atoms with Crippen LogP contribution in [0.25, 0.3) is 0 Å². The van der Waals surface area contributed by atoms with Gasteiger partial charge in [0.1, 0.15) is 6.04 Å². The van der Waals surface area contributed by atoms with Crippen molar-refractivity contribution in [2.45, 2.75) is 6.04 Å². The number of rotatable bonds is 2. The molecule has 0 aliphatic carbocycles. The van der Waals surface area contributed by atoms with Crippen molar-refractivity contribution in [2.75, 3.05) is 10.6 Å². The van der Waals surface area contributed by atoms with Crippen LogP contribution in [0.3, 0.4) is 0 Å². The Morgan fingerprint density at radius 3 is 2.90 bits per heavy atom. The third-order valence-corrected chi connectivity index (χ3v) is 3.68. The van der Waals surface area contributed by atoms with Crippen LogP contribution >= 0.6 is 15.9 Å². The number of hydrogen-bond donors (Lipinski definition) is 2. The van der Waals surface area contributed by atoms with Crippen molar-refractivity contribution in [2.24, 2.45) is 0 Å². The topological polar surface area (TPSA) is 41.1 Å². The highest BCUT2D eigenvalue weighted by atomic mass is 79.9. The average Bonchev–Trinajstić information content (AvgIpc) is 2.75. The van der Waals surface area contributed by atoms with E-state index in [4.69, 9.17) is 6.42 Å². The highest BCUT2D eigenvalue weighted by Crippen LogP contribution is 2.35. The van der Waals surface area contributed by atoms with Gasteiger partial charge >= 0.3 is 0 Å². The van der Waals surface area contributed by atoms with E-state index in [2.05, 4.69) is 32.5 Å². The monoisotopic (exact) mass is 326 g/mol. The molecule has 1 atom stereocenters. The molecule has 0 aromatic heterocycles. The maximum atomic E-state index is 12.1. The molecule has 1 heterocycles. The van der Waals surface area contributed by atoms with Gasteiger partial charge in [0.25, 0.3) is 5.91 Å². The Bertz CT molecular complexity index is 733. The van der Waals surface area contributed by atoms with Gasteiger partial charge in [-0.1, -0.05) is 27.9 Å². The first-order valence-electron chi connectivity index (χ1n) is 6.11. The van der Waals surface area contributed by atoms with Crippen LogP contribution in [0.15, 0.2) is 46.9 Å². The largest absolute Gasteiger partial charge is 0.370 e. The summed E-state index contributed by atoms with van der Waals surface area (Å²) in [5.74, 6) is 2.52. The molecule has 1 aliphatic heterocycles. The fraction of sp³-hybridized carbons (Fsp3) is 0.0625. The number of benzene rings is 2. The lowest BCUT2D eigenvalue weighted by Gasteiger charge is -2.13. The minimum atomic E-state index is -0.407. The number of anilines is 2. The van der Waals surface area contributed by atoms with E-state index in [0.29, 0.717) is 0 Å². The Morgan fingerprint density at radius 2 is 2.10 bits per heavy atom. The Hall–Kier alpha value is -2.25. The van der Waals surface area contributed by atoms with E-state index in [-0.39, 0.29) is 5.91 Å². The zero-order valence-corrected chi connectivity index (χ0v) is 12.1. The summed E-state index contributed by atoms with van der Waals surface area (Å²) in [4.78, 5) is 12.1. The number of hydrogen-bond acceptors (Lipinski definition) is 2. The molecule has 1 aliphatic rings. The van der Waals surface area contributed by atoms with E-state index in [0.717, 1.165) is 27.0 Å². The molecule has 2 aromatic rings. The summed E-state index contributed by atoms with van der Waals surface area (Å²) in [7, 11) is 0. The molecule has 0 fully saturated rings. The Balaban J connectivity index is 1.94. The number of carbonyl (C=O) groups is 1. The molecule has 1 unspecified atom stereocenters. The number of fused-ring (bicyclic) bond motifs is 1. The predicted molar refractivity (Wildman–Crippen MR) is 83.5 cm³/mol. The molecule has 0 saturated heterocycles. The van der Waals surface area contributed by atoms with Crippen molar-refractivity contribution in [3.63, 3.8) is 0 Å². The van der Waals surface area contributed by atoms with Gasteiger partial charge in [-0.25, -0.2) is 0 Å². The lowest BCUT2D eigenvalue weighted by molar-refractivity contribution is -0.116. The predicted octanol–water partition coefficient (Wildman–Crippen LogP) is 3.54. The Labute approximate surface area is 125 Å². The molecule has 0 spiro atoms. The molecule has 20 heavy (non-hydrogen) atoms. The maximum absolute atomic E-state index is 12.1. The van der Waals surface area contributed by atoms with Gasteiger partial charge in [0, 0.05) is 27.0 Å². The van der Waals surface area contributed by atoms with E-state index < -0.39 is 6.04 Å². The summed E-state index contributed by atoms with van der Waals surface area (Å²) in [6, 6.07) is 12.8.